The zero-order valence-electron chi connectivity index (χ0n) is 20.5. The average Bonchev–Trinajstić information content (AvgIpc) is 3.32. The Labute approximate surface area is 201 Å². The molecule has 3 saturated carbocycles. The topological polar surface area (TPSA) is 52.9 Å². The van der Waals surface area contributed by atoms with E-state index >= 15 is 0 Å². The molecule has 192 valence electrons. The van der Waals surface area contributed by atoms with Gasteiger partial charge >= 0.3 is 6.36 Å². The molecule has 3 aliphatic carbocycles. The summed E-state index contributed by atoms with van der Waals surface area (Å²) in [6, 6.07) is 0. The van der Waals surface area contributed by atoms with Crippen LogP contribution in [0.25, 0.3) is 0 Å². The first-order valence-corrected chi connectivity index (χ1v) is 12.9. The standard InChI is InChI=1S/C27H40F3NO3/c1-17(15-31-12-10-21(16-31)34-27(28,29)30)22-8-9-23-20(5-4-11-26(22,23)3)7-6-19-13-24(32)18(2)25(33)14-19/h6-7,17,21-25,32-33H,2,4-5,8-16H2,1,3H3/b19-6?,20-7+/t17-,21-,22-,23+,24-,25+,26-/m1/s1. The highest BCUT2D eigenvalue weighted by Crippen LogP contribution is 2.59. The molecule has 1 saturated heterocycles. The molecule has 0 aromatic rings. The van der Waals surface area contributed by atoms with E-state index in [0.29, 0.717) is 55.7 Å². The van der Waals surface area contributed by atoms with Crippen LogP contribution in [0.1, 0.15) is 65.2 Å². The minimum atomic E-state index is -4.56. The maximum absolute atomic E-state index is 12.6. The van der Waals surface area contributed by atoms with E-state index in [4.69, 9.17) is 0 Å². The molecular weight excluding hydrogens is 443 g/mol. The highest BCUT2D eigenvalue weighted by molar-refractivity contribution is 5.29. The maximum Gasteiger partial charge on any atom is 0.522 e. The number of rotatable bonds is 5. The van der Waals surface area contributed by atoms with E-state index in [1.54, 1.807) is 0 Å². The van der Waals surface area contributed by atoms with Crippen LogP contribution in [0.4, 0.5) is 13.2 Å². The molecule has 0 amide bonds. The maximum atomic E-state index is 12.6. The minimum Gasteiger partial charge on any atom is -0.388 e. The first kappa shape index (κ1) is 25.9. The summed E-state index contributed by atoms with van der Waals surface area (Å²) < 4.78 is 42.0. The third-order valence-electron chi connectivity index (χ3n) is 9.10. The Hall–Kier alpha value is -1.15. The molecule has 1 aliphatic heterocycles. The average molecular weight is 484 g/mol. The van der Waals surface area contributed by atoms with Gasteiger partial charge < -0.3 is 15.1 Å². The van der Waals surface area contributed by atoms with Crippen LogP contribution >= 0.6 is 0 Å². The molecule has 4 fully saturated rings. The van der Waals surface area contributed by atoms with Gasteiger partial charge in [0, 0.05) is 19.6 Å². The van der Waals surface area contributed by atoms with Gasteiger partial charge in [-0.1, -0.05) is 43.7 Å². The van der Waals surface area contributed by atoms with E-state index in [0.717, 1.165) is 37.8 Å². The van der Waals surface area contributed by atoms with Gasteiger partial charge in [0.05, 0.1) is 18.3 Å². The third-order valence-corrected chi connectivity index (χ3v) is 9.10. The van der Waals surface area contributed by atoms with Crippen LogP contribution in [0.3, 0.4) is 0 Å². The van der Waals surface area contributed by atoms with Gasteiger partial charge in [-0.15, -0.1) is 13.2 Å². The summed E-state index contributed by atoms with van der Waals surface area (Å²) in [7, 11) is 0. The molecule has 0 spiro atoms. The number of aliphatic hydroxyl groups is 2. The lowest BCUT2D eigenvalue weighted by molar-refractivity contribution is -0.340. The van der Waals surface area contributed by atoms with E-state index < -0.39 is 24.7 Å². The molecule has 4 nitrogen and oxygen atoms in total. The van der Waals surface area contributed by atoms with Crippen LogP contribution in [0, 0.1) is 23.2 Å². The molecule has 0 aromatic carbocycles. The summed E-state index contributed by atoms with van der Waals surface area (Å²) in [6.07, 6.45) is 4.97. The number of likely N-dealkylation sites (tertiary alicyclic amines) is 1. The zero-order valence-corrected chi connectivity index (χ0v) is 20.5. The molecule has 7 atom stereocenters. The molecule has 1 heterocycles. The predicted molar refractivity (Wildman–Crippen MR) is 126 cm³/mol. The van der Waals surface area contributed by atoms with E-state index in [1.165, 1.54) is 12.0 Å². The van der Waals surface area contributed by atoms with Crippen molar-refractivity contribution in [1.29, 1.82) is 0 Å². The molecular formula is C27H40F3NO3. The normalized spacial score (nSPS) is 40.8. The van der Waals surface area contributed by atoms with Crippen molar-refractivity contribution in [1.82, 2.24) is 4.90 Å². The largest absolute Gasteiger partial charge is 0.522 e. The van der Waals surface area contributed by atoms with Crippen molar-refractivity contribution in [3.8, 4) is 0 Å². The Morgan fingerprint density at radius 2 is 1.88 bits per heavy atom. The highest BCUT2D eigenvalue weighted by atomic mass is 19.4. The fourth-order valence-corrected chi connectivity index (χ4v) is 7.42. The Morgan fingerprint density at radius 3 is 2.56 bits per heavy atom. The number of ether oxygens (including phenoxy) is 1. The van der Waals surface area contributed by atoms with Gasteiger partial charge in [-0.3, -0.25) is 4.74 Å². The summed E-state index contributed by atoms with van der Waals surface area (Å²) >= 11 is 0. The number of hydrogen-bond acceptors (Lipinski definition) is 4. The first-order valence-electron chi connectivity index (χ1n) is 12.9. The second-order valence-corrected chi connectivity index (χ2v) is 11.4. The van der Waals surface area contributed by atoms with Gasteiger partial charge in [0.15, 0.2) is 0 Å². The van der Waals surface area contributed by atoms with Gasteiger partial charge in [0.25, 0.3) is 0 Å². The minimum absolute atomic E-state index is 0.212. The van der Waals surface area contributed by atoms with Gasteiger partial charge in [-0.25, -0.2) is 0 Å². The van der Waals surface area contributed by atoms with Gasteiger partial charge in [-0.05, 0) is 80.1 Å². The van der Waals surface area contributed by atoms with Gasteiger partial charge in [0.2, 0.25) is 0 Å². The quantitative estimate of drug-likeness (QED) is 0.516. The monoisotopic (exact) mass is 483 g/mol. The Balaban J connectivity index is 1.39. The lowest BCUT2D eigenvalue weighted by Crippen LogP contribution is -2.39. The Kier molecular flexibility index (Phi) is 7.68. The van der Waals surface area contributed by atoms with E-state index in [9.17, 15) is 23.4 Å². The van der Waals surface area contributed by atoms with Crippen LogP contribution in [0.15, 0.2) is 35.5 Å². The number of aliphatic hydroxyl groups excluding tert-OH is 2. The van der Waals surface area contributed by atoms with Crippen LogP contribution < -0.4 is 0 Å². The second kappa shape index (κ2) is 10.1. The number of hydrogen-bond donors (Lipinski definition) is 2. The van der Waals surface area contributed by atoms with Crippen molar-refractivity contribution in [2.24, 2.45) is 23.2 Å². The number of halogens is 3. The Bertz CT molecular complexity index is 806. The summed E-state index contributed by atoms with van der Waals surface area (Å²) in [5.74, 6) is 1.50. The molecule has 4 aliphatic rings. The third kappa shape index (κ3) is 5.63. The zero-order chi connectivity index (χ0) is 24.7. The molecule has 4 rings (SSSR count). The second-order valence-electron chi connectivity index (χ2n) is 11.4. The van der Waals surface area contributed by atoms with Crippen LogP contribution in [0.2, 0.25) is 0 Å². The number of allylic oxidation sites excluding steroid dienone is 3. The summed E-state index contributed by atoms with van der Waals surface area (Å²) in [6.45, 7) is 10.3. The molecule has 0 unspecified atom stereocenters. The van der Waals surface area contributed by atoms with Crippen molar-refractivity contribution < 1.29 is 28.1 Å². The van der Waals surface area contributed by atoms with Crippen molar-refractivity contribution in [3.05, 3.63) is 35.5 Å². The fourth-order valence-electron chi connectivity index (χ4n) is 7.42. The van der Waals surface area contributed by atoms with Crippen molar-refractivity contribution in [3.63, 3.8) is 0 Å². The van der Waals surface area contributed by atoms with E-state index in [2.05, 4.69) is 42.2 Å². The van der Waals surface area contributed by atoms with Crippen LogP contribution in [-0.4, -0.2) is 59.4 Å². The fraction of sp³-hybridized carbons (Fsp3) is 0.778. The van der Waals surface area contributed by atoms with Crippen LogP contribution in [0.5, 0.6) is 0 Å². The molecule has 0 aromatic heterocycles. The number of fused-ring (bicyclic) bond motifs is 1. The molecule has 2 N–H and O–H groups in total. The lowest BCUT2D eigenvalue weighted by Gasteiger charge is -2.45. The first-order chi connectivity index (χ1) is 16.0. The summed E-state index contributed by atoms with van der Waals surface area (Å²) in [5.41, 5.74) is 3.27. The van der Waals surface area contributed by atoms with Crippen molar-refractivity contribution >= 4 is 0 Å². The number of alkyl halides is 3. The molecule has 7 heteroatoms. The predicted octanol–water partition coefficient (Wildman–Crippen LogP) is 5.37. The summed E-state index contributed by atoms with van der Waals surface area (Å²) in [5, 5.41) is 20.3. The van der Waals surface area contributed by atoms with Crippen LogP contribution in [-0.2, 0) is 4.74 Å². The molecule has 0 radical (unpaired) electrons. The lowest BCUT2D eigenvalue weighted by atomic mass is 9.61. The summed E-state index contributed by atoms with van der Waals surface area (Å²) in [4.78, 5) is 2.15. The Morgan fingerprint density at radius 1 is 1.18 bits per heavy atom. The number of nitrogens with zero attached hydrogens (tertiary/aromatic N) is 1. The highest BCUT2D eigenvalue weighted by Gasteiger charge is 2.51. The van der Waals surface area contributed by atoms with E-state index in [-0.39, 0.29) is 5.41 Å². The molecule has 34 heavy (non-hydrogen) atoms. The smallest absolute Gasteiger partial charge is 0.388 e. The van der Waals surface area contributed by atoms with Crippen molar-refractivity contribution in [2.75, 3.05) is 19.6 Å². The molecule has 0 bridgehead atoms. The van der Waals surface area contributed by atoms with Gasteiger partial charge in [0.1, 0.15) is 0 Å². The van der Waals surface area contributed by atoms with Crippen molar-refractivity contribution in [2.45, 2.75) is 89.9 Å². The van der Waals surface area contributed by atoms with E-state index in [1.807, 2.05) is 0 Å². The van der Waals surface area contributed by atoms with Gasteiger partial charge in [-0.2, -0.15) is 0 Å². The SMILES string of the molecule is C=C1[C@H](O)CC(=C/C=C2\CCC[C@]3(C)[C@@H]([C@H](C)CN4CC[C@@H](OC(F)(F)F)C4)CC[C@@H]23)C[C@@H]1O.